The topological polar surface area (TPSA) is 106 Å². The summed E-state index contributed by atoms with van der Waals surface area (Å²) >= 11 is 1.55. The molecule has 4 rings (SSSR count). The fraction of sp³-hybridized carbons (Fsp3) is 0.621. The van der Waals surface area contributed by atoms with E-state index in [1.54, 1.807) is 30.8 Å². The number of fused-ring (bicyclic) bond motifs is 1. The van der Waals surface area contributed by atoms with E-state index >= 15 is 0 Å². The predicted octanol–water partition coefficient (Wildman–Crippen LogP) is 4.43. The molecule has 9 nitrogen and oxygen atoms in total. The molecule has 220 valence electrons. The van der Waals surface area contributed by atoms with Crippen molar-refractivity contribution in [2.24, 2.45) is 11.8 Å². The number of benzene rings is 1. The molecule has 3 aliphatic rings. The summed E-state index contributed by atoms with van der Waals surface area (Å²) in [5.41, 5.74) is 1.18. The minimum atomic E-state index is -1.21. The molecule has 0 bridgehead atoms. The van der Waals surface area contributed by atoms with Gasteiger partial charge >= 0.3 is 12.1 Å². The van der Waals surface area contributed by atoms with E-state index in [0.29, 0.717) is 6.54 Å². The first-order valence-electron chi connectivity index (χ1n) is 14.0. The van der Waals surface area contributed by atoms with Crippen LogP contribution < -0.4 is 0 Å². The third-order valence-electron chi connectivity index (χ3n) is 7.59. The van der Waals surface area contributed by atoms with Gasteiger partial charge in [-0.1, -0.05) is 45.2 Å². The number of nitrogens with zero attached hydrogens (tertiary/aromatic N) is 2. The highest BCUT2D eigenvalue weighted by atomic mass is 32.2. The molecule has 1 aromatic carbocycles. The number of carbonyl (C=O) groups excluding carboxylic acids is 3. The number of amides is 1. The number of thioether (sulfide) groups is 1. The molecule has 1 amide bonds. The molecule has 0 aromatic heterocycles. The smallest absolute Gasteiger partial charge is 0.434 e. The molecule has 3 aliphatic heterocycles. The lowest BCUT2D eigenvalue weighted by Gasteiger charge is -2.46. The molecule has 0 saturated carbocycles. The number of esters is 1. The summed E-state index contributed by atoms with van der Waals surface area (Å²) in [5.74, 6) is -2.10. The number of ether oxygens (including phenoxy) is 3. The number of hydrogen-bond acceptors (Lipinski definition) is 9. The van der Waals surface area contributed by atoms with Crippen molar-refractivity contribution in [2.45, 2.75) is 83.6 Å². The number of hydrogen-bond donors (Lipinski definition) is 1. The molecule has 2 saturated heterocycles. The quantitative estimate of drug-likeness (QED) is 0.157. The molecule has 5 atom stereocenters. The van der Waals surface area contributed by atoms with E-state index in [9.17, 15) is 23.9 Å². The van der Waals surface area contributed by atoms with Gasteiger partial charge in [0.05, 0.1) is 24.7 Å². The maximum atomic E-state index is 13.3. The van der Waals surface area contributed by atoms with Crippen LogP contribution in [-0.2, 0) is 30.3 Å². The molecule has 1 aromatic rings. The molecule has 2 fully saturated rings. The van der Waals surface area contributed by atoms with Gasteiger partial charge in [-0.05, 0) is 31.0 Å². The van der Waals surface area contributed by atoms with Crippen LogP contribution in [0.4, 0.5) is 9.18 Å². The maximum Gasteiger partial charge on any atom is 0.511 e. The molecular weight excluding hydrogens is 539 g/mol. The minimum Gasteiger partial charge on any atom is -0.434 e. The van der Waals surface area contributed by atoms with Crippen molar-refractivity contribution >= 4 is 29.8 Å². The van der Waals surface area contributed by atoms with Gasteiger partial charge in [-0.15, -0.1) is 11.8 Å². The zero-order chi connectivity index (χ0) is 29.0. The van der Waals surface area contributed by atoms with E-state index in [1.807, 2.05) is 6.92 Å². The van der Waals surface area contributed by atoms with Gasteiger partial charge in [0.25, 0.3) is 0 Å². The van der Waals surface area contributed by atoms with Crippen molar-refractivity contribution < 1.29 is 38.1 Å². The van der Waals surface area contributed by atoms with Crippen molar-refractivity contribution in [1.82, 2.24) is 9.80 Å². The molecular formula is C29H39FN2O7S. The SMILES string of the molecule is CCCCCCOC(=O)OC(C)OC(=O)C1=C(SC2CN(Cc3ccc(F)cc3)C2)[C@H](C)[C@@H]2[C@@H]([C@@H](C)O)C(=O)N12. The Labute approximate surface area is 239 Å². The zero-order valence-corrected chi connectivity index (χ0v) is 24.3. The van der Waals surface area contributed by atoms with E-state index < -0.39 is 30.4 Å². The van der Waals surface area contributed by atoms with E-state index in [0.717, 1.165) is 49.2 Å². The number of aliphatic hydroxyl groups is 1. The number of carbonyl (C=O) groups is 3. The summed E-state index contributed by atoms with van der Waals surface area (Å²) in [6.45, 7) is 9.51. The first-order valence-corrected chi connectivity index (χ1v) is 14.9. The molecule has 1 N–H and O–H groups in total. The van der Waals surface area contributed by atoms with Gasteiger partial charge < -0.3 is 24.2 Å². The fourth-order valence-corrected chi connectivity index (χ4v) is 7.08. The zero-order valence-electron chi connectivity index (χ0n) is 23.5. The molecule has 0 aliphatic carbocycles. The van der Waals surface area contributed by atoms with Crippen molar-refractivity contribution in [1.29, 1.82) is 0 Å². The molecule has 11 heteroatoms. The highest BCUT2D eigenvalue weighted by molar-refractivity contribution is 8.03. The summed E-state index contributed by atoms with van der Waals surface area (Å²) in [7, 11) is 0. The van der Waals surface area contributed by atoms with Crippen molar-refractivity contribution in [3.63, 3.8) is 0 Å². The van der Waals surface area contributed by atoms with E-state index in [4.69, 9.17) is 14.2 Å². The van der Waals surface area contributed by atoms with Crippen LogP contribution in [-0.4, -0.2) is 76.3 Å². The maximum absolute atomic E-state index is 13.3. The van der Waals surface area contributed by atoms with Crippen LogP contribution in [0.5, 0.6) is 0 Å². The van der Waals surface area contributed by atoms with Gasteiger partial charge in [0.1, 0.15) is 11.5 Å². The molecule has 3 heterocycles. The van der Waals surface area contributed by atoms with Crippen molar-refractivity contribution in [3.8, 4) is 0 Å². The average Bonchev–Trinajstić information content (AvgIpc) is 3.11. The van der Waals surface area contributed by atoms with E-state index in [2.05, 4.69) is 11.8 Å². The second kappa shape index (κ2) is 13.4. The average molecular weight is 579 g/mol. The Morgan fingerprint density at radius 3 is 2.48 bits per heavy atom. The van der Waals surface area contributed by atoms with Gasteiger partial charge in [0.15, 0.2) is 0 Å². The van der Waals surface area contributed by atoms with E-state index in [1.165, 1.54) is 24.0 Å². The largest absolute Gasteiger partial charge is 0.511 e. The summed E-state index contributed by atoms with van der Waals surface area (Å²) in [6, 6.07) is 6.09. The Bertz CT molecular complexity index is 1110. The van der Waals surface area contributed by atoms with Crippen LogP contribution in [0.1, 0.15) is 58.9 Å². The fourth-order valence-electron chi connectivity index (χ4n) is 5.51. The second-order valence-electron chi connectivity index (χ2n) is 10.8. The third kappa shape index (κ3) is 6.80. The Kier molecular flexibility index (Phi) is 10.1. The number of halogens is 1. The van der Waals surface area contributed by atoms with Gasteiger partial charge in [-0.3, -0.25) is 9.69 Å². The van der Waals surface area contributed by atoms with Crippen molar-refractivity contribution in [3.05, 3.63) is 46.2 Å². The molecule has 0 spiro atoms. The lowest BCUT2D eigenvalue weighted by Crippen LogP contribution is -2.63. The molecule has 1 unspecified atom stereocenters. The van der Waals surface area contributed by atoms with Gasteiger partial charge in [0, 0.05) is 42.6 Å². The Hall–Kier alpha value is -2.63. The van der Waals surface area contributed by atoms with Gasteiger partial charge in [0.2, 0.25) is 12.2 Å². The monoisotopic (exact) mass is 578 g/mol. The van der Waals surface area contributed by atoms with Gasteiger partial charge in [-0.25, -0.2) is 14.0 Å². The normalized spacial score (nSPS) is 24.2. The van der Waals surface area contributed by atoms with Crippen LogP contribution in [0.25, 0.3) is 0 Å². The third-order valence-corrected chi connectivity index (χ3v) is 9.04. The summed E-state index contributed by atoms with van der Waals surface area (Å²) in [6.07, 6.45) is 0.838. The number of likely N-dealkylation sites (tertiary alicyclic amines) is 1. The Balaban J connectivity index is 1.38. The summed E-state index contributed by atoms with van der Waals surface area (Å²) < 4.78 is 28.8. The first kappa shape index (κ1) is 30.3. The van der Waals surface area contributed by atoms with E-state index in [-0.39, 0.29) is 41.2 Å². The summed E-state index contributed by atoms with van der Waals surface area (Å²) in [5, 5.41) is 10.4. The Morgan fingerprint density at radius 2 is 1.82 bits per heavy atom. The van der Waals surface area contributed by atoms with Crippen LogP contribution >= 0.6 is 11.8 Å². The minimum absolute atomic E-state index is 0.157. The van der Waals surface area contributed by atoms with Crippen LogP contribution in [0, 0.1) is 17.7 Å². The lowest BCUT2D eigenvalue weighted by molar-refractivity contribution is -0.173. The van der Waals surface area contributed by atoms with Gasteiger partial charge in [-0.2, -0.15) is 0 Å². The highest BCUT2D eigenvalue weighted by Crippen LogP contribution is 2.52. The number of β-lactam (4-membered cyclic amide) rings is 1. The molecule has 0 radical (unpaired) electrons. The lowest BCUT2D eigenvalue weighted by atomic mass is 9.79. The van der Waals surface area contributed by atoms with Crippen LogP contribution in [0.15, 0.2) is 34.9 Å². The number of rotatable bonds is 13. The first-order chi connectivity index (χ1) is 19.1. The van der Waals surface area contributed by atoms with Crippen molar-refractivity contribution in [2.75, 3.05) is 19.7 Å². The summed E-state index contributed by atoms with van der Waals surface area (Å²) in [4.78, 5) is 42.7. The van der Waals surface area contributed by atoms with Crippen LogP contribution in [0.2, 0.25) is 0 Å². The number of aliphatic hydroxyl groups excluding tert-OH is 1. The Morgan fingerprint density at radius 1 is 1.12 bits per heavy atom. The second-order valence-corrected chi connectivity index (χ2v) is 12.1. The highest BCUT2D eigenvalue weighted by Gasteiger charge is 2.60. The number of unbranched alkanes of at least 4 members (excludes halogenated alkanes) is 3. The molecule has 40 heavy (non-hydrogen) atoms. The standard InChI is InChI=1S/C29H39FN2O7S/c1-5-6-7-8-13-37-29(36)39-19(4)38-28(35)25-26(17(2)24-23(18(3)33)27(34)32(24)25)40-22-15-31(16-22)14-20-9-11-21(30)12-10-20/h9-12,17-19,22-24,33H,5-8,13-16H2,1-4H3/t17-,18-,19?,23-,24-/m1/s1. The van der Waals surface area contributed by atoms with Crippen LogP contribution in [0.3, 0.4) is 0 Å². The predicted molar refractivity (Wildman–Crippen MR) is 147 cm³/mol.